The normalized spacial score (nSPS) is 16.6. The van der Waals surface area contributed by atoms with Gasteiger partial charge in [0, 0.05) is 58.5 Å². The lowest BCUT2D eigenvalue weighted by Crippen LogP contribution is -2.48. The molecule has 0 atom stereocenters. The van der Waals surface area contributed by atoms with E-state index in [2.05, 4.69) is 16.0 Å². The number of nitrogens with one attached hydrogen (secondary N) is 3. The predicted octanol–water partition coefficient (Wildman–Crippen LogP) is 1.08. The fourth-order valence-electron chi connectivity index (χ4n) is 5.73. The second-order valence-corrected chi connectivity index (χ2v) is 13.0. The zero-order chi connectivity index (χ0) is 31.9. The highest BCUT2D eigenvalue weighted by Crippen LogP contribution is 2.31. The molecule has 0 aromatic heterocycles. The van der Waals surface area contributed by atoms with E-state index in [0.717, 1.165) is 57.8 Å². The van der Waals surface area contributed by atoms with Crippen LogP contribution in [0.1, 0.15) is 84.0 Å². The molecular weight excluding hydrogens is 564 g/mol. The molecule has 0 unspecified atom stereocenters. The van der Waals surface area contributed by atoms with E-state index < -0.39 is 0 Å². The van der Waals surface area contributed by atoms with Crippen LogP contribution in [0.5, 0.6) is 0 Å². The third-order valence-corrected chi connectivity index (χ3v) is 9.24. The van der Waals surface area contributed by atoms with Gasteiger partial charge in [0.2, 0.25) is 29.5 Å². The molecule has 0 bridgehead atoms. The molecule has 3 rings (SSSR count). The molecule has 0 aromatic carbocycles. The van der Waals surface area contributed by atoms with E-state index in [9.17, 15) is 28.8 Å². The van der Waals surface area contributed by atoms with Crippen molar-refractivity contribution in [2.75, 3.05) is 66.0 Å². The average molecular weight is 619 g/mol. The van der Waals surface area contributed by atoms with Crippen LogP contribution >= 0.6 is 0 Å². The van der Waals surface area contributed by atoms with Crippen LogP contribution in [-0.2, 0) is 28.8 Å². The van der Waals surface area contributed by atoms with Crippen molar-refractivity contribution in [3.63, 3.8) is 0 Å². The van der Waals surface area contributed by atoms with Crippen molar-refractivity contribution in [1.29, 1.82) is 0 Å². The van der Waals surface area contributed by atoms with Crippen LogP contribution in [0.3, 0.4) is 0 Å². The summed E-state index contributed by atoms with van der Waals surface area (Å²) >= 11 is 0. The van der Waals surface area contributed by atoms with Crippen molar-refractivity contribution in [1.82, 2.24) is 30.7 Å². The van der Waals surface area contributed by atoms with Gasteiger partial charge in [-0.3, -0.25) is 28.8 Å². The summed E-state index contributed by atoms with van der Waals surface area (Å²) in [5.74, 6) is 0.151. The highest BCUT2D eigenvalue weighted by molar-refractivity contribution is 5.87. The van der Waals surface area contributed by atoms with E-state index in [1.165, 1.54) is 16.7 Å². The third kappa shape index (κ3) is 12.5. The Kier molecular flexibility index (Phi) is 15.1. The van der Waals surface area contributed by atoms with Crippen molar-refractivity contribution in [3.05, 3.63) is 0 Å². The Morgan fingerprint density at radius 3 is 1.18 bits per heavy atom. The maximum atomic E-state index is 13.1. The summed E-state index contributed by atoms with van der Waals surface area (Å²) in [6, 6.07) is 0. The molecule has 0 saturated heterocycles. The fourth-order valence-corrected chi connectivity index (χ4v) is 5.73. The molecular formula is C32H54N6O6. The first-order valence-electron chi connectivity index (χ1n) is 16.6. The summed E-state index contributed by atoms with van der Waals surface area (Å²) in [6.45, 7) is 3.05. The van der Waals surface area contributed by atoms with Crippen LogP contribution < -0.4 is 16.0 Å². The second kappa shape index (κ2) is 18.7. The van der Waals surface area contributed by atoms with Gasteiger partial charge in [0.05, 0.1) is 19.6 Å². The zero-order valence-corrected chi connectivity index (χ0v) is 26.9. The maximum Gasteiger partial charge on any atom is 0.239 e. The topological polar surface area (TPSA) is 148 Å². The number of hydrogen-bond donors (Lipinski definition) is 3. The van der Waals surface area contributed by atoms with Gasteiger partial charge in [-0.2, -0.15) is 0 Å². The second-order valence-electron chi connectivity index (χ2n) is 13.0. The van der Waals surface area contributed by atoms with Crippen LogP contribution in [0.15, 0.2) is 0 Å². The quantitative estimate of drug-likeness (QED) is 0.174. The molecule has 0 radical (unpaired) electrons. The number of likely N-dealkylation sites (N-methyl/N-ethyl adjacent to an activating group) is 1. The Morgan fingerprint density at radius 1 is 0.545 bits per heavy atom. The van der Waals surface area contributed by atoms with Crippen molar-refractivity contribution in [2.45, 2.75) is 84.0 Å². The average Bonchev–Trinajstić information content (AvgIpc) is 2.90. The van der Waals surface area contributed by atoms with E-state index >= 15 is 0 Å². The van der Waals surface area contributed by atoms with Crippen LogP contribution in [0.2, 0.25) is 0 Å². The van der Waals surface area contributed by atoms with Crippen LogP contribution in [0.25, 0.3) is 0 Å². The number of carbonyl (C=O) groups excluding carboxylic acids is 6. The maximum absolute atomic E-state index is 13.1. The molecule has 3 aliphatic carbocycles. The molecule has 0 aromatic rings. The van der Waals surface area contributed by atoms with E-state index in [-0.39, 0.29) is 81.1 Å². The fraction of sp³-hybridized carbons (Fsp3) is 0.812. The molecule has 5 amide bonds. The number of ketones is 1. The minimum atomic E-state index is -0.354. The van der Waals surface area contributed by atoms with Crippen LogP contribution in [-0.4, -0.2) is 116 Å². The molecule has 248 valence electrons. The largest absolute Gasteiger partial charge is 0.353 e. The molecule has 3 aliphatic rings. The standard InChI is InChI=1S/C32H54N6O6/c1-24(39)21-36(30(42)18-25-6-3-7-25)16-13-34-29(41)23-38(32(44)20-27-10-5-11-27)17-14-35-28(40)22-37(15-12-33-2)31(43)19-26-8-4-9-26/h25-27,33H,3-23H2,1-2H3,(H,34,41)(H,35,40). The zero-order valence-electron chi connectivity index (χ0n) is 26.9. The molecule has 3 N–H and O–H groups in total. The van der Waals surface area contributed by atoms with Gasteiger partial charge < -0.3 is 30.7 Å². The highest BCUT2D eigenvalue weighted by Gasteiger charge is 2.27. The van der Waals surface area contributed by atoms with Crippen molar-refractivity contribution < 1.29 is 28.8 Å². The summed E-state index contributed by atoms with van der Waals surface area (Å²) in [6.07, 6.45) is 10.9. The minimum Gasteiger partial charge on any atom is -0.353 e. The molecule has 0 heterocycles. The first-order chi connectivity index (χ1) is 21.1. The van der Waals surface area contributed by atoms with Gasteiger partial charge in [-0.05, 0) is 70.3 Å². The summed E-state index contributed by atoms with van der Waals surface area (Å²) in [4.78, 5) is 80.5. The van der Waals surface area contributed by atoms with Gasteiger partial charge in [-0.1, -0.05) is 19.3 Å². The van der Waals surface area contributed by atoms with Gasteiger partial charge >= 0.3 is 0 Å². The Morgan fingerprint density at radius 2 is 0.886 bits per heavy atom. The Balaban J connectivity index is 1.46. The molecule has 0 spiro atoms. The molecule has 12 heteroatoms. The van der Waals surface area contributed by atoms with E-state index in [0.29, 0.717) is 50.1 Å². The molecule has 12 nitrogen and oxygen atoms in total. The number of nitrogens with zero attached hydrogens (tertiary/aromatic N) is 3. The summed E-state index contributed by atoms with van der Waals surface area (Å²) in [5, 5.41) is 8.65. The first kappa shape index (κ1) is 35.5. The van der Waals surface area contributed by atoms with E-state index in [1.807, 2.05) is 0 Å². The summed E-state index contributed by atoms with van der Waals surface area (Å²) in [7, 11) is 1.80. The Labute approximate surface area is 262 Å². The number of amides is 5. The third-order valence-electron chi connectivity index (χ3n) is 9.24. The lowest BCUT2D eigenvalue weighted by atomic mass is 9.82. The lowest BCUT2D eigenvalue weighted by Gasteiger charge is -2.30. The Hall–Kier alpha value is -3.02. The molecule has 44 heavy (non-hydrogen) atoms. The summed E-state index contributed by atoms with van der Waals surface area (Å²) < 4.78 is 0. The predicted molar refractivity (Wildman–Crippen MR) is 166 cm³/mol. The van der Waals surface area contributed by atoms with E-state index in [4.69, 9.17) is 0 Å². The first-order valence-corrected chi connectivity index (χ1v) is 16.6. The smallest absolute Gasteiger partial charge is 0.239 e. The van der Waals surface area contributed by atoms with Gasteiger partial charge in [-0.15, -0.1) is 0 Å². The van der Waals surface area contributed by atoms with Gasteiger partial charge in [0.15, 0.2) is 0 Å². The van der Waals surface area contributed by atoms with Crippen LogP contribution in [0.4, 0.5) is 0 Å². The number of rotatable bonds is 21. The van der Waals surface area contributed by atoms with E-state index in [1.54, 1.807) is 11.9 Å². The molecule has 0 aliphatic heterocycles. The Bertz CT molecular complexity index is 994. The highest BCUT2D eigenvalue weighted by atomic mass is 16.2. The SMILES string of the molecule is CNCCN(CC(=O)NCCN(CC(=O)NCCN(CC(C)=O)C(=O)CC1CCC1)C(=O)CC1CCC1)C(=O)CC1CCC1. The number of Topliss-reactive ketones (excluding diaryl/α,β-unsaturated/α-hetero) is 1. The van der Waals surface area contributed by atoms with Gasteiger partial charge in [0.25, 0.3) is 0 Å². The summed E-state index contributed by atoms with van der Waals surface area (Å²) in [5.41, 5.74) is 0. The van der Waals surface area contributed by atoms with Crippen LogP contribution in [0, 0.1) is 17.8 Å². The monoisotopic (exact) mass is 618 g/mol. The molecule has 3 saturated carbocycles. The lowest BCUT2D eigenvalue weighted by molar-refractivity contribution is -0.138. The van der Waals surface area contributed by atoms with Crippen molar-refractivity contribution in [3.8, 4) is 0 Å². The van der Waals surface area contributed by atoms with Gasteiger partial charge in [0.1, 0.15) is 5.78 Å². The molecule has 3 fully saturated rings. The number of hydrogen-bond acceptors (Lipinski definition) is 7. The van der Waals surface area contributed by atoms with Crippen molar-refractivity contribution >= 4 is 35.3 Å². The minimum absolute atomic E-state index is 0.0133. The number of carbonyl (C=O) groups is 6. The van der Waals surface area contributed by atoms with Crippen molar-refractivity contribution in [2.24, 2.45) is 17.8 Å². The van der Waals surface area contributed by atoms with Gasteiger partial charge in [-0.25, -0.2) is 0 Å².